The summed E-state index contributed by atoms with van der Waals surface area (Å²) in [6.45, 7) is 6.64. The largest absolute Gasteiger partial charge is 0.151 e. The van der Waals surface area contributed by atoms with Crippen LogP contribution in [-0.4, -0.2) is 8.07 Å². The molecule has 13 heavy (non-hydrogen) atoms. The number of thiophene rings is 1. The molecular weight excluding hydrogens is 192 g/mol. The zero-order valence-corrected chi connectivity index (χ0v) is 9.96. The number of hydrogen-bond donors (Lipinski definition) is 0. The summed E-state index contributed by atoms with van der Waals surface area (Å²) < 4.78 is 0. The molecule has 0 atom stereocenters. The molecule has 2 heteroatoms. The lowest BCUT2D eigenvalue weighted by Gasteiger charge is -2.01. The minimum absolute atomic E-state index is 1.06. The predicted molar refractivity (Wildman–Crippen MR) is 62.3 cm³/mol. The summed E-state index contributed by atoms with van der Waals surface area (Å²) in [5, 5.41) is 4.05. The molecule has 1 heterocycles. The fraction of sp³-hybridized carbons (Fsp3) is 0.273. The summed E-state index contributed by atoms with van der Waals surface area (Å²) in [6, 6.07) is 2.01. The van der Waals surface area contributed by atoms with Crippen molar-refractivity contribution in [1.82, 2.24) is 0 Å². The summed E-state index contributed by atoms with van der Waals surface area (Å²) in [5.74, 6) is 8.80. The van der Waals surface area contributed by atoms with Crippen molar-refractivity contribution >= 4 is 19.4 Å². The van der Waals surface area contributed by atoms with Gasteiger partial charge >= 0.3 is 0 Å². The van der Waals surface area contributed by atoms with E-state index in [9.17, 15) is 0 Å². The van der Waals surface area contributed by atoms with Gasteiger partial charge in [0.15, 0.2) is 0 Å². The van der Waals surface area contributed by atoms with Crippen LogP contribution in [-0.2, 0) is 0 Å². The van der Waals surface area contributed by atoms with Crippen LogP contribution in [0.4, 0.5) is 0 Å². The van der Waals surface area contributed by atoms with Gasteiger partial charge in [0.1, 0.15) is 8.07 Å². The van der Waals surface area contributed by atoms with Crippen molar-refractivity contribution in [2.75, 3.05) is 0 Å². The maximum absolute atomic E-state index is 3.20. The molecule has 66 valence electrons. The van der Waals surface area contributed by atoms with Gasteiger partial charge in [-0.3, -0.25) is 0 Å². The van der Waals surface area contributed by atoms with E-state index in [1.807, 2.05) is 16.8 Å². The topological polar surface area (TPSA) is 0 Å². The highest BCUT2D eigenvalue weighted by atomic mass is 32.1. The molecule has 1 rings (SSSR count). The summed E-state index contributed by atoms with van der Waals surface area (Å²) in [7, 11) is -1.24. The summed E-state index contributed by atoms with van der Waals surface area (Å²) in [6.07, 6.45) is 0. The second kappa shape index (κ2) is 4.32. The van der Waals surface area contributed by atoms with Crippen LogP contribution in [0, 0.1) is 23.3 Å². The zero-order chi connectivity index (χ0) is 9.73. The van der Waals surface area contributed by atoms with Crippen LogP contribution in [0.2, 0.25) is 19.6 Å². The zero-order valence-electron chi connectivity index (χ0n) is 8.14. The minimum Gasteiger partial charge on any atom is -0.151 e. The van der Waals surface area contributed by atoms with Crippen LogP contribution in [0.25, 0.3) is 0 Å². The lowest BCUT2D eigenvalue weighted by Crippen LogP contribution is -2.16. The number of rotatable bonds is 0. The Bertz CT molecular complexity index is 374. The molecule has 0 bridgehead atoms. The van der Waals surface area contributed by atoms with Gasteiger partial charge in [0.25, 0.3) is 0 Å². The van der Waals surface area contributed by atoms with Gasteiger partial charge in [-0.15, -0.1) is 5.54 Å². The molecule has 0 nitrogen and oxygen atoms in total. The first-order valence-corrected chi connectivity index (χ1v) is 8.57. The van der Waals surface area contributed by atoms with Crippen molar-refractivity contribution in [3.05, 3.63) is 22.4 Å². The Hall–Kier alpha value is -0.963. The molecule has 0 saturated heterocycles. The normalized spacial score (nSPS) is 9.46. The fourth-order valence-electron chi connectivity index (χ4n) is 0.658. The van der Waals surface area contributed by atoms with Crippen LogP contribution in [0.1, 0.15) is 5.56 Å². The van der Waals surface area contributed by atoms with E-state index in [-0.39, 0.29) is 0 Å². The predicted octanol–water partition coefficient (Wildman–Crippen LogP) is 2.98. The smallest absolute Gasteiger partial charge is 0.130 e. The van der Waals surface area contributed by atoms with Gasteiger partial charge in [0.05, 0.1) is 0 Å². The third-order valence-electron chi connectivity index (χ3n) is 1.23. The maximum Gasteiger partial charge on any atom is 0.130 e. The van der Waals surface area contributed by atoms with E-state index in [0.29, 0.717) is 0 Å². The first-order valence-electron chi connectivity index (χ1n) is 4.13. The van der Waals surface area contributed by atoms with Gasteiger partial charge in [-0.05, 0) is 23.3 Å². The van der Waals surface area contributed by atoms with Gasteiger partial charge in [-0.2, -0.15) is 11.3 Å². The van der Waals surface area contributed by atoms with Gasteiger partial charge < -0.3 is 0 Å². The van der Waals surface area contributed by atoms with E-state index in [0.717, 1.165) is 5.56 Å². The number of hydrogen-bond acceptors (Lipinski definition) is 1. The van der Waals surface area contributed by atoms with E-state index in [4.69, 9.17) is 0 Å². The van der Waals surface area contributed by atoms with Crippen LogP contribution in [0.15, 0.2) is 16.8 Å². The molecular formula is C11H12SSi. The average molecular weight is 204 g/mol. The van der Waals surface area contributed by atoms with E-state index >= 15 is 0 Å². The van der Waals surface area contributed by atoms with E-state index in [1.165, 1.54) is 0 Å². The molecule has 0 radical (unpaired) electrons. The molecule has 0 amide bonds. The van der Waals surface area contributed by atoms with Crippen molar-refractivity contribution in [3.8, 4) is 23.3 Å². The third kappa shape index (κ3) is 4.57. The Balaban J connectivity index is 2.64. The van der Waals surface area contributed by atoms with Gasteiger partial charge in [0.2, 0.25) is 0 Å². The lowest BCUT2D eigenvalue weighted by atomic mass is 10.3. The molecule has 1 aromatic rings. The summed E-state index contributed by atoms with van der Waals surface area (Å²) in [5.41, 5.74) is 4.27. The Morgan fingerprint density at radius 3 is 2.54 bits per heavy atom. The molecule has 0 unspecified atom stereocenters. The highest BCUT2D eigenvalue weighted by Gasteiger charge is 2.06. The Morgan fingerprint density at radius 2 is 2.00 bits per heavy atom. The SMILES string of the molecule is C[Si](C)(C)C#CC#Cc1ccsc1. The van der Waals surface area contributed by atoms with E-state index in [2.05, 4.69) is 42.9 Å². The molecule has 0 aromatic carbocycles. The highest BCUT2D eigenvalue weighted by molar-refractivity contribution is 7.08. The minimum atomic E-state index is -1.24. The quantitative estimate of drug-likeness (QED) is 0.450. The third-order valence-corrected chi connectivity index (χ3v) is 2.79. The van der Waals surface area contributed by atoms with Crippen LogP contribution < -0.4 is 0 Å². The molecule has 0 aliphatic heterocycles. The average Bonchev–Trinajstić information content (AvgIpc) is 2.48. The van der Waals surface area contributed by atoms with Crippen LogP contribution >= 0.6 is 11.3 Å². The Morgan fingerprint density at radius 1 is 1.23 bits per heavy atom. The molecule has 0 aliphatic rings. The standard InChI is InChI=1S/C11H12SSi/c1-13(2,3)9-5-4-6-11-7-8-12-10-11/h7-8,10H,1-3H3. The van der Waals surface area contributed by atoms with Crippen LogP contribution in [0.5, 0.6) is 0 Å². The molecule has 0 saturated carbocycles. The highest BCUT2D eigenvalue weighted by Crippen LogP contribution is 2.02. The van der Waals surface area contributed by atoms with Crippen molar-refractivity contribution in [1.29, 1.82) is 0 Å². The van der Waals surface area contributed by atoms with Gasteiger partial charge in [-0.1, -0.05) is 25.6 Å². The second-order valence-electron chi connectivity index (χ2n) is 3.76. The lowest BCUT2D eigenvalue weighted by molar-refractivity contribution is 1.81. The molecule has 0 spiro atoms. The fourth-order valence-corrected chi connectivity index (χ4v) is 1.68. The first kappa shape index (κ1) is 10.1. The van der Waals surface area contributed by atoms with Crippen molar-refractivity contribution in [3.63, 3.8) is 0 Å². The summed E-state index contributed by atoms with van der Waals surface area (Å²) in [4.78, 5) is 0. The molecule has 0 fully saturated rings. The Labute approximate surface area is 85.0 Å². The van der Waals surface area contributed by atoms with E-state index in [1.54, 1.807) is 11.3 Å². The van der Waals surface area contributed by atoms with Crippen molar-refractivity contribution < 1.29 is 0 Å². The van der Waals surface area contributed by atoms with Gasteiger partial charge in [-0.25, -0.2) is 0 Å². The summed E-state index contributed by atoms with van der Waals surface area (Å²) >= 11 is 1.66. The van der Waals surface area contributed by atoms with Crippen LogP contribution in [0.3, 0.4) is 0 Å². The molecule has 1 aromatic heterocycles. The van der Waals surface area contributed by atoms with Crippen molar-refractivity contribution in [2.24, 2.45) is 0 Å². The van der Waals surface area contributed by atoms with Crippen molar-refractivity contribution in [2.45, 2.75) is 19.6 Å². The molecule has 0 aliphatic carbocycles. The second-order valence-corrected chi connectivity index (χ2v) is 9.29. The van der Waals surface area contributed by atoms with E-state index < -0.39 is 8.07 Å². The first-order chi connectivity index (χ1) is 6.08. The monoisotopic (exact) mass is 204 g/mol. The maximum atomic E-state index is 3.20. The Kier molecular flexibility index (Phi) is 3.37. The van der Waals surface area contributed by atoms with Gasteiger partial charge in [0, 0.05) is 10.9 Å². The molecule has 0 N–H and O–H groups in total.